The Morgan fingerprint density at radius 3 is 2.14 bits per heavy atom. The number of rotatable bonds is 6. The largest absolute Gasteiger partial charge is 0.332 e. The van der Waals surface area contributed by atoms with Crippen molar-refractivity contribution < 1.29 is 26.3 Å². The van der Waals surface area contributed by atoms with Crippen molar-refractivity contribution in [2.75, 3.05) is 0 Å². The van der Waals surface area contributed by atoms with Gasteiger partial charge >= 0.3 is 12.3 Å². The lowest BCUT2D eigenvalue weighted by Crippen LogP contribution is -2.41. The summed E-state index contributed by atoms with van der Waals surface area (Å²) in [5.41, 5.74) is 3.47. The molecule has 0 aliphatic rings. The number of halogens is 6. The van der Waals surface area contributed by atoms with Crippen molar-refractivity contribution in [1.82, 2.24) is 20.2 Å². The molecule has 5 nitrogen and oxygen atoms in total. The molecular weight excluding hydrogens is 400 g/mol. The van der Waals surface area contributed by atoms with Crippen LogP contribution in [0.3, 0.4) is 0 Å². The number of benzene rings is 2. The van der Waals surface area contributed by atoms with Crippen LogP contribution in [0, 0.1) is 11.6 Å². The summed E-state index contributed by atoms with van der Waals surface area (Å²) in [6.45, 7) is 0. The van der Waals surface area contributed by atoms with Gasteiger partial charge in [0.25, 0.3) is 0 Å². The van der Waals surface area contributed by atoms with Gasteiger partial charge < -0.3 is 5.73 Å². The molecule has 0 unspecified atom stereocenters. The summed E-state index contributed by atoms with van der Waals surface area (Å²) in [5, 5.41) is 11.4. The normalized spacial score (nSPS) is 14.2. The van der Waals surface area contributed by atoms with Crippen LogP contribution in [0.2, 0.25) is 0 Å². The molecule has 29 heavy (non-hydrogen) atoms. The third kappa shape index (κ3) is 4.09. The van der Waals surface area contributed by atoms with Crippen LogP contribution in [-0.2, 0) is 24.9 Å². The highest BCUT2D eigenvalue weighted by Gasteiger charge is 2.44. The van der Waals surface area contributed by atoms with Crippen LogP contribution < -0.4 is 5.73 Å². The first-order chi connectivity index (χ1) is 13.5. The zero-order valence-corrected chi connectivity index (χ0v) is 15.0. The van der Waals surface area contributed by atoms with E-state index in [1.807, 2.05) is 0 Å². The molecule has 1 heterocycles. The second-order valence-corrected chi connectivity index (χ2v) is 6.50. The average Bonchev–Trinajstić information content (AvgIpc) is 3.06. The Morgan fingerprint density at radius 2 is 1.59 bits per heavy atom. The number of nitrogens with zero attached hydrogens (tertiary/aromatic N) is 4. The maximum atomic E-state index is 14.1. The zero-order chi connectivity index (χ0) is 21.4. The van der Waals surface area contributed by atoms with E-state index >= 15 is 0 Å². The minimum atomic E-state index is -4.59. The predicted molar refractivity (Wildman–Crippen MR) is 90.2 cm³/mol. The Hall–Kier alpha value is -2.95. The van der Waals surface area contributed by atoms with Gasteiger partial charge in [0.2, 0.25) is 0 Å². The lowest BCUT2D eigenvalue weighted by molar-refractivity contribution is -0.135. The van der Waals surface area contributed by atoms with Crippen LogP contribution >= 0.6 is 0 Å². The van der Waals surface area contributed by atoms with E-state index in [0.29, 0.717) is 12.1 Å². The molecule has 0 saturated carbocycles. The molecule has 0 aliphatic heterocycles. The molecule has 0 fully saturated rings. The van der Waals surface area contributed by atoms with E-state index in [-0.39, 0.29) is 23.4 Å². The first-order valence-electron chi connectivity index (χ1n) is 8.27. The summed E-state index contributed by atoms with van der Waals surface area (Å²) < 4.78 is 80.8. The molecule has 0 spiro atoms. The second kappa shape index (κ2) is 7.47. The fraction of sp³-hybridized carbons (Fsp3) is 0.278. The number of nitrogens with two attached hydrogens (primary N) is 1. The van der Waals surface area contributed by atoms with Crippen molar-refractivity contribution in [2.24, 2.45) is 12.8 Å². The average molecular weight is 415 g/mol. The molecule has 154 valence electrons. The van der Waals surface area contributed by atoms with E-state index < -0.39 is 35.1 Å². The highest BCUT2D eigenvalue weighted by molar-refractivity contribution is 5.42. The molecule has 0 bridgehead atoms. The van der Waals surface area contributed by atoms with Gasteiger partial charge in [-0.15, -0.1) is 10.2 Å². The summed E-state index contributed by atoms with van der Waals surface area (Å²) in [4.78, 5) is 1.13. The summed E-state index contributed by atoms with van der Waals surface area (Å²) in [6, 6.07) is 6.59. The number of alkyl halides is 4. The fourth-order valence-corrected chi connectivity index (χ4v) is 2.93. The first-order valence-corrected chi connectivity index (χ1v) is 8.27. The number of hydrogen-bond acceptors (Lipinski definition) is 4. The molecule has 11 heteroatoms. The van der Waals surface area contributed by atoms with Gasteiger partial charge in [-0.2, -0.15) is 13.6 Å². The van der Waals surface area contributed by atoms with Gasteiger partial charge in [-0.1, -0.05) is 12.1 Å². The standard InChI is InChI=1S/C18H15F6N5/c1-29-27-15(26-28-29)9-17(25,10-2-4-13(19)5-3-10)11-6-12(8-14(20)7-11)18(23,24)16(21)22/h2-8,16H,9,25H2,1H3/t17-/m1/s1. The minimum absolute atomic E-state index is 0.0887. The summed E-state index contributed by atoms with van der Waals surface area (Å²) in [6.07, 6.45) is -4.29. The third-order valence-electron chi connectivity index (χ3n) is 4.42. The summed E-state index contributed by atoms with van der Waals surface area (Å²) in [5.74, 6) is -6.27. The van der Waals surface area contributed by atoms with E-state index in [9.17, 15) is 26.3 Å². The van der Waals surface area contributed by atoms with Gasteiger partial charge in [-0.25, -0.2) is 17.6 Å². The highest BCUT2D eigenvalue weighted by Crippen LogP contribution is 2.38. The lowest BCUT2D eigenvalue weighted by Gasteiger charge is -2.31. The van der Waals surface area contributed by atoms with Gasteiger partial charge in [-0.05, 0) is 46.7 Å². The van der Waals surface area contributed by atoms with Crippen LogP contribution in [0.25, 0.3) is 0 Å². The van der Waals surface area contributed by atoms with Crippen LogP contribution in [0.1, 0.15) is 22.5 Å². The predicted octanol–water partition coefficient (Wildman–Crippen LogP) is 3.29. The maximum Gasteiger partial charge on any atom is 0.332 e. The number of aryl methyl sites for hydroxylation is 1. The van der Waals surface area contributed by atoms with Crippen molar-refractivity contribution in [1.29, 1.82) is 0 Å². The van der Waals surface area contributed by atoms with Crippen molar-refractivity contribution in [3.63, 3.8) is 0 Å². The molecule has 2 N–H and O–H groups in total. The molecule has 2 aromatic carbocycles. The van der Waals surface area contributed by atoms with Crippen molar-refractivity contribution in [2.45, 2.75) is 24.3 Å². The summed E-state index contributed by atoms with van der Waals surface area (Å²) >= 11 is 0. The highest BCUT2D eigenvalue weighted by atomic mass is 19.3. The van der Waals surface area contributed by atoms with Crippen molar-refractivity contribution in [3.05, 3.63) is 76.6 Å². The van der Waals surface area contributed by atoms with Crippen LogP contribution in [-0.4, -0.2) is 26.6 Å². The quantitative estimate of drug-likeness (QED) is 0.628. The van der Waals surface area contributed by atoms with Crippen LogP contribution in [0.15, 0.2) is 42.5 Å². The first kappa shape index (κ1) is 20.8. The van der Waals surface area contributed by atoms with E-state index in [1.165, 1.54) is 19.2 Å². The number of hydrogen-bond donors (Lipinski definition) is 1. The SMILES string of the molecule is Cn1nnc(C[C@@](N)(c2ccc(F)cc2)c2cc(F)cc(C(F)(F)C(F)F)c2)n1. The van der Waals surface area contributed by atoms with E-state index in [0.717, 1.165) is 23.0 Å². The van der Waals surface area contributed by atoms with Crippen LogP contribution in [0.4, 0.5) is 26.3 Å². The van der Waals surface area contributed by atoms with Crippen molar-refractivity contribution in [3.8, 4) is 0 Å². The van der Waals surface area contributed by atoms with Gasteiger partial charge in [0.15, 0.2) is 5.82 Å². The molecule has 1 aromatic heterocycles. The van der Waals surface area contributed by atoms with Gasteiger partial charge in [0.1, 0.15) is 11.6 Å². The number of aromatic nitrogens is 4. The van der Waals surface area contributed by atoms with Gasteiger partial charge in [0.05, 0.1) is 12.6 Å². The minimum Gasteiger partial charge on any atom is -0.317 e. The van der Waals surface area contributed by atoms with Crippen molar-refractivity contribution >= 4 is 0 Å². The van der Waals surface area contributed by atoms with E-state index in [2.05, 4.69) is 15.4 Å². The molecular formula is C18H15F6N5. The lowest BCUT2D eigenvalue weighted by atomic mass is 9.80. The fourth-order valence-electron chi connectivity index (χ4n) is 2.93. The topological polar surface area (TPSA) is 69.6 Å². The Bertz CT molecular complexity index is 1000. The molecule has 3 rings (SSSR count). The molecule has 0 aliphatic carbocycles. The Balaban J connectivity index is 2.18. The maximum absolute atomic E-state index is 14.1. The number of tetrazole rings is 1. The molecule has 0 saturated heterocycles. The monoisotopic (exact) mass is 415 g/mol. The Labute approximate surface area is 161 Å². The van der Waals surface area contributed by atoms with Gasteiger partial charge in [-0.3, -0.25) is 0 Å². The molecule has 1 atom stereocenters. The van der Waals surface area contributed by atoms with E-state index in [4.69, 9.17) is 5.73 Å². The molecule has 0 radical (unpaired) electrons. The molecule has 0 amide bonds. The third-order valence-corrected chi connectivity index (χ3v) is 4.42. The van der Waals surface area contributed by atoms with E-state index in [1.54, 1.807) is 0 Å². The zero-order valence-electron chi connectivity index (χ0n) is 15.0. The molecule has 3 aromatic rings. The Morgan fingerprint density at radius 1 is 0.966 bits per heavy atom. The Kier molecular flexibility index (Phi) is 5.35. The smallest absolute Gasteiger partial charge is 0.317 e. The van der Waals surface area contributed by atoms with Gasteiger partial charge in [0, 0.05) is 12.0 Å². The van der Waals surface area contributed by atoms with Crippen LogP contribution in [0.5, 0.6) is 0 Å². The second-order valence-electron chi connectivity index (χ2n) is 6.50. The summed E-state index contributed by atoms with van der Waals surface area (Å²) in [7, 11) is 1.48.